The molecule has 1 nitrogen and oxygen atoms in total. The van der Waals surface area contributed by atoms with Gasteiger partial charge in [0.1, 0.15) is 0 Å². The second kappa shape index (κ2) is 8.19. The topological polar surface area (TPSA) is 12.0 Å². The fraction of sp³-hybridized carbons (Fsp3) is 1.00. The molecule has 0 saturated heterocycles. The average molecular weight is 253 g/mol. The van der Waals surface area contributed by atoms with Crippen molar-refractivity contribution in [2.75, 3.05) is 13.6 Å². The molecule has 0 spiro atoms. The van der Waals surface area contributed by atoms with Crippen molar-refractivity contribution in [1.29, 1.82) is 0 Å². The Bertz CT molecular complexity index is 202. The van der Waals surface area contributed by atoms with E-state index in [4.69, 9.17) is 0 Å². The first kappa shape index (κ1) is 16.0. The largest absolute Gasteiger partial charge is 0.319 e. The molecule has 0 bridgehead atoms. The summed E-state index contributed by atoms with van der Waals surface area (Å²) >= 11 is 0. The predicted octanol–water partition coefficient (Wildman–Crippen LogP) is 5.01. The SMILES string of the molecule is CCCCC1CCC(CCC(C)C)(CNC)CC1. The lowest BCUT2D eigenvalue weighted by Crippen LogP contribution is -2.36. The Labute approximate surface area is 115 Å². The highest BCUT2D eigenvalue weighted by molar-refractivity contribution is 4.87. The highest BCUT2D eigenvalue weighted by Gasteiger charge is 2.34. The zero-order valence-electron chi connectivity index (χ0n) is 13.2. The molecule has 1 rings (SSSR count). The molecular formula is C17H35N. The van der Waals surface area contributed by atoms with Crippen molar-refractivity contribution in [3.8, 4) is 0 Å². The molecule has 0 heterocycles. The monoisotopic (exact) mass is 253 g/mol. The minimum atomic E-state index is 0.627. The standard InChI is InChI=1S/C17H35N/c1-5-6-7-16-9-12-17(13-10-16,14-18-4)11-8-15(2)3/h15-16,18H,5-14H2,1-4H3. The molecule has 1 saturated carbocycles. The van der Waals surface area contributed by atoms with E-state index in [-0.39, 0.29) is 0 Å². The fourth-order valence-corrected chi connectivity index (χ4v) is 3.56. The number of nitrogens with one attached hydrogen (secondary N) is 1. The summed E-state index contributed by atoms with van der Waals surface area (Å²) in [6, 6.07) is 0. The molecular weight excluding hydrogens is 218 g/mol. The van der Waals surface area contributed by atoms with E-state index in [2.05, 4.69) is 33.1 Å². The van der Waals surface area contributed by atoms with Gasteiger partial charge in [-0.15, -0.1) is 0 Å². The first-order chi connectivity index (χ1) is 8.62. The van der Waals surface area contributed by atoms with E-state index in [1.807, 2.05) is 0 Å². The van der Waals surface area contributed by atoms with Crippen LogP contribution in [0, 0.1) is 17.3 Å². The highest BCUT2D eigenvalue weighted by atomic mass is 14.8. The molecule has 1 fully saturated rings. The number of unbranched alkanes of at least 4 members (excludes halogenated alkanes) is 1. The van der Waals surface area contributed by atoms with Crippen LogP contribution in [0.5, 0.6) is 0 Å². The van der Waals surface area contributed by atoms with Crippen LogP contribution in [-0.2, 0) is 0 Å². The van der Waals surface area contributed by atoms with E-state index < -0.39 is 0 Å². The van der Waals surface area contributed by atoms with Gasteiger partial charge in [-0.05, 0) is 56.4 Å². The van der Waals surface area contributed by atoms with Crippen LogP contribution in [0.25, 0.3) is 0 Å². The lowest BCUT2D eigenvalue weighted by Gasteiger charge is -2.41. The molecule has 18 heavy (non-hydrogen) atoms. The molecule has 0 atom stereocenters. The number of hydrogen-bond donors (Lipinski definition) is 1. The van der Waals surface area contributed by atoms with Gasteiger partial charge in [-0.25, -0.2) is 0 Å². The summed E-state index contributed by atoms with van der Waals surface area (Å²) in [5, 5.41) is 3.46. The van der Waals surface area contributed by atoms with Crippen molar-refractivity contribution in [2.45, 2.75) is 78.6 Å². The zero-order valence-corrected chi connectivity index (χ0v) is 13.2. The summed E-state index contributed by atoms with van der Waals surface area (Å²) < 4.78 is 0. The van der Waals surface area contributed by atoms with Crippen LogP contribution in [0.15, 0.2) is 0 Å². The average Bonchev–Trinajstić information content (AvgIpc) is 2.36. The van der Waals surface area contributed by atoms with E-state index in [1.54, 1.807) is 0 Å². The summed E-state index contributed by atoms with van der Waals surface area (Å²) in [5.74, 6) is 1.89. The Balaban J connectivity index is 2.40. The molecule has 0 unspecified atom stereocenters. The van der Waals surface area contributed by atoms with Gasteiger partial charge in [-0.2, -0.15) is 0 Å². The molecule has 0 aromatic rings. The normalized spacial score (nSPS) is 28.8. The molecule has 1 heteroatoms. The Hall–Kier alpha value is -0.0400. The molecule has 0 aromatic heterocycles. The molecule has 1 aliphatic rings. The summed E-state index contributed by atoms with van der Waals surface area (Å²) in [7, 11) is 2.13. The summed E-state index contributed by atoms with van der Waals surface area (Å²) in [6.45, 7) is 8.27. The zero-order chi connectivity index (χ0) is 13.4. The smallest absolute Gasteiger partial charge is 0.000481 e. The molecule has 0 amide bonds. The molecule has 1 aliphatic carbocycles. The van der Waals surface area contributed by atoms with Crippen LogP contribution in [0.4, 0.5) is 0 Å². The third-order valence-corrected chi connectivity index (χ3v) is 4.94. The molecule has 0 aromatic carbocycles. The van der Waals surface area contributed by atoms with Crippen LogP contribution < -0.4 is 5.32 Å². The Morgan fingerprint density at radius 3 is 2.39 bits per heavy atom. The Morgan fingerprint density at radius 2 is 1.89 bits per heavy atom. The minimum absolute atomic E-state index is 0.627. The van der Waals surface area contributed by atoms with E-state index in [0.29, 0.717) is 5.41 Å². The first-order valence-corrected chi connectivity index (χ1v) is 8.26. The van der Waals surface area contributed by atoms with Gasteiger partial charge in [0, 0.05) is 6.54 Å². The third-order valence-electron chi connectivity index (χ3n) is 4.94. The van der Waals surface area contributed by atoms with Gasteiger partial charge in [-0.3, -0.25) is 0 Å². The lowest BCUT2D eigenvalue weighted by atomic mass is 9.66. The number of rotatable bonds is 8. The van der Waals surface area contributed by atoms with Crippen molar-refractivity contribution in [2.24, 2.45) is 17.3 Å². The Kier molecular flexibility index (Phi) is 7.29. The van der Waals surface area contributed by atoms with Crippen molar-refractivity contribution in [3.63, 3.8) is 0 Å². The Morgan fingerprint density at radius 1 is 1.22 bits per heavy atom. The van der Waals surface area contributed by atoms with E-state index in [9.17, 15) is 0 Å². The van der Waals surface area contributed by atoms with Gasteiger partial charge in [0.05, 0.1) is 0 Å². The molecule has 1 N–H and O–H groups in total. The van der Waals surface area contributed by atoms with Gasteiger partial charge >= 0.3 is 0 Å². The number of hydrogen-bond acceptors (Lipinski definition) is 1. The van der Waals surface area contributed by atoms with Gasteiger partial charge in [0.25, 0.3) is 0 Å². The van der Waals surface area contributed by atoms with Crippen molar-refractivity contribution >= 4 is 0 Å². The summed E-state index contributed by atoms with van der Waals surface area (Å²) in [4.78, 5) is 0. The third kappa shape index (κ3) is 5.30. The second-order valence-corrected chi connectivity index (χ2v) is 7.05. The van der Waals surface area contributed by atoms with Gasteiger partial charge in [0.15, 0.2) is 0 Å². The van der Waals surface area contributed by atoms with Crippen LogP contribution >= 0.6 is 0 Å². The van der Waals surface area contributed by atoms with E-state index in [0.717, 1.165) is 11.8 Å². The van der Waals surface area contributed by atoms with Crippen LogP contribution in [0.2, 0.25) is 0 Å². The lowest BCUT2D eigenvalue weighted by molar-refractivity contribution is 0.122. The van der Waals surface area contributed by atoms with E-state index in [1.165, 1.54) is 64.3 Å². The molecule has 0 aliphatic heterocycles. The summed E-state index contributed by atoms with van der Waals surface area (Å²) in [6.07, 6.45) is 13.0. The summed E-state index contributed by atoms with van der Waals surface area (Å²) in [5.41, 5.74) is 0.627. The minimum Gasteiger partial charge on any atom is -0.319 e. The van der Waals surface area contributed by atoms with Crippen LogP contribution in [-0.4, -0.2) is 13.6 Å². The highest BCUT2D eigenvalue weighted by Crippen LogP contribution is 2.43. The van der Waals surface area contributed by atoms with Crippen LogP contribution in [0.3, 0.4) is 0 Å². The van der Waals surface area contributed by atoms with Gasteiger partial charge in [0.2, 0.25) is 0 Å². The second-order valence-electron chi connectivity index (χ2n) is 7.05. The van der Waals surface area contributed by atoms with Crippen LogP contribution in [0.1, 0.15) is 78.6 Å². The fourth-order valence-electron chi connectivity index (χ4n) is 3.56. The van der Waals surface area contributed by atoms with E-state index >= 15 is 0 Å². The first-order valence-electron chi connectivity index (χ1n) is 8.26. The maximum Gasteiger partial charge on any atom is 0.000481 e. The molecule has 108 valence electrons. The van der Waals surface area contributed by atoms with Crippen molar-refractivity contribution in [1.82, 2.24) is 5.32 Å². The molecule has 0 radical (unpaired) electrons. The maximum atomic E-state index is 3.46. The van der Waals surface area contributed by atoms with Crippen molar-refractivity contribution < 1.29 is 0 Å². The predicted molar refractivity (Wildman–Crippen MR) is 81.9 cm³/mol. The quantitative estimate of drug-likeness (QED) is 0.641. The van der Waals surface area contributed by atoms with Crippen molar-refractivity contribution in [3.05, 3.63) is 0 Å². The van der Waals surface area contributed by atoms with Gasteiger partial charge < -0.3 is 5.32 Å². The maximum absolute atomic E-state index is 3.46. The van der Waals surface area contributed by atoms with Gasteiger partial charge in [-0.1, -0.05) is 46.5 Å².